The Kier molecular flexibility index (Phi) is 5.54. The van der Waals surface area contributed by atoms with E-state index in [0.29, 0.717) is 24.2 Å². The van der Waals surface area contributed by atoms with Crippen LogP contribution in [0.2, 0.25) is 0 Å². The van der Waals surface area contributed by atoms with Gasteiger partial charge in [-0.1, -0.05) is 0 Å². The summed E-state index contributed by atoms with van der Waals surface area (Å²) in [5, 5.41) is 0. The van der Waals surface area contributed by atoms with E-state index in [1.165, 1.54) is 22.8 Å². The maximum atomic E-state index is 2.82. The molecular formula is C20H40GeN4. The van der Waals surface area contributed by atoms with Gasteiger partial charge in [-0.25, -0.2) is 0 Å². The number of hydrogen-bond acceptors (Lipinski definition) is 4. The molecule has 5 heteroatoms. The van der Waals surface area contributed by atoms with Crippen LogP contribution >= 0.6 is 0 Å². The van der Waals surface area contributed by atoms with Crippen molar-refractivity contribution < 1.29 is 0 Å². The molecule has 0 aromatic carbocycles. The predicted octanol–water partition coefficient (Wildman–Crippen LogP) is 4.79. The summed E-state index contributed by atoms with van der Waals surface area (Å²) in [7, 11) is 0. The molecule has 2 rings (SSSR count). The van der Waals surface area contributed by atoms with E-state index in [1.807, 2.05) is 0 Å². The van der Waals surface area contributed by atoms with E-state index in [1.54, 1.807) is 0 Å². The number of allylic oxidation sites excluding steroid dienone is 2. The number of nitrogens with zero attached hydrogens (tertiary/aromatic N) is 4. The summed E-state index contributed by atoms with van der Waals surface area (Å²) in [4.78, 5) is 0. The summed E-state index contributed by atoms with van der Waals surface area (Å²) in [5.74, 6) is 2.96. The van der Waals surface area contributed by atoms with Crippen LogP contribution in [0.5, 0.6) is 0 Å². The fourth-order valence-corrected chi connectivity index (χ4v) is 18.1. The zero-order chi connectivity index (χ0) is 19.4. The van der Waals surface area contributed by atoms with E-state index in [0.717, 1.165) is 0 Å². The first-order chi connectivity index (χ1) is 11.4. The van der Waals surface area contributed by atoms with E-state index >= 15 is 0 Å². The molecule has 0 radical (unpaired) electrons. The van der Waals surface area contributed by atoms with Crippen molar-refractivity contribution in [3.63, 3.8) is 0 Å². The van der Waals surface area contributed by atoms with Crippen molar-refractivity contribution >= 4 is 14.2 Å². The molecule has 0 atom stereocenters. The Morgan fingerprint density at radius 2 is 0.720 bits per heavy atom. The van der Waals surface area contributed by atoms with Crippen molar-refractivity contribution in [3.05, 3.63) is 22.8 Å². The van der Waals surface area contributed by atoms with E-state index < -0.39 is 14.2 Å². The zero-order valence-electron chi connectivity index (χ0n) is 18.6. The third-order valence-corrected chi connectivity index (χ3v) is 16.7. The molecule has 144 valence electrons. The molecule has 2 saturated heterocycles. The summed E-state index contributed by atoms with van der Waals surface area (Å²) in [6.45, 7) is 28.0. The average Bonchev–Trinajstić information content (AvgIpc) is 2.32. The summed E-state index contributed by atoms with van der Waals surface area (Å²) in [6.07, 6.45) is 0. The van der Waals surface area contributed by atoms with Gasteiger partial charge in [0.25, 0.3) is 0 Å². The van der Waals surface area contributed by atoms with E-state index in [9.17, 15) is 0 Å². The molecule has 4 nitrogen and oxygen atoms in total. The van der Waals surface area contributed by atoms with Gasteiger partial charge in [-0.2, -0.15) is 0 Å². The van der Waals surface area contributed by atoms with Gasteiger partial charge in [0.2, 0.25) is 0 Å². The van der Waals surface area contributed by atoms with Crippen LogP contribution in [-0.2, 0) is 0 Å². The molecule has 1 spiro atoms. The van der Waals surface area contributed by atoms with Crippen LogP contribution in [0.1, 0.15) is 83.1 Å². The predicted molar refractivity (Wildman–Crippen MR) is 110 cm³/mol. The molecule has 0 aliphatic carbocycles. The molecule has 0 unspecified atom stereocenters. The van der Waals surface area contributed by atoms with Crippen molar-refractivity contribution in [1.82, 2.24) is 15.4 Å². The summed E-state index contributed by atoms with van der Waals surface area (Å²) >= 11 is -2.77. The van der Waals surface area contributed by atoms with Gasteiger partial charge >= 0.3 is 160 Å². The van der Waals surface area contributed by atoms with Crippen LogP contribution in [0.15, 0.2) is 22.8 Å². The molecule has 0 amide bonds. The Hall–Kier alpha value is -0.777. The second kappa shape index (κ2) is 6.75. The molecular weight excluding hydrogens is 369 g/mol. The Labute approximate surface area is 159 Å². The normalized spacial score (nSPS) is 23.5. The van der Waals surface area contributed by atoms with Gasteiger partial charge in [-0.15, -0.1) is 0 Å². The number of rotatable bonds is 4. The van der Waals surface area contributed by atoms with Crippen molar-refractivity contribution in [2.45, 2.75) is 107 Å². The van der Waals surface area contributed by atoms with Gasteiger partial charge < -0.3 is 0 Å². The maximum absolute atomic E-state index is 2.82. The molecule has 0 aromatic heterocycles. The van der Waals surface area contributed by atoms with E-state index in [4.69, 9.17) is 0 Å². The minimum atomic E-state index is -2.77. The molecule has 2 heterocycles. The van der Waals surface area contributed by atoms with Crippen molar-refractivity contribution in [2.24, 2.45) is 0 Å². The first kappa shape index (κ1) is 20.5. The van der Waals surface area contributed by atoms with Crippen LogP contribution in [0.25, 0.3) is 0 Å². The zero-order valence-corrected chi connectivity index (χ0v) is 20.7. The standard InChI is InChI=1S/C20H40GeN4/c1-13(2)19-22(15(5)6)21(23(19)16(7)8)24(17(9)10)20(14(3)4)25(21)18(11)12/h15-18H,1-12H3. The molecule has 0 aromatic rings. The van der Waals surface area contributed by atoms with Crippen molar-refractivity contribution in [1.29, 1.82) is 0 Å². The Balaban J connectivity index is 2.75. The van der Waals surface area contributed by atoms with E-state index in [-0.39, 0.29) is 0 Å². The molecule has 2 aliphatic heterocycles. The fraction of sp³-hybridized carbons (Fsp3) is 0.800. The fourth-order valence-electron chi connectivity index (χ4n) is 4.73. The van der Waals surface area contributed by atoms with Crippen molar-refractivity contribution in [3.8, 4) is 0 Å². The van der Waals surface area contributed by atoms with Crippen LogP contribution in [-0.4, -0.2) is 53.8 Å². The van der Waals surface area contributed by atoms with Gasteiger partial charge in [-0.05, 0) is 0 Å². The monoisotopic (exact) mass is 410 g/mol. The Morgan fingerprint density at radius 1 is 0.520 bits per heavy atom. The minimum absolute atomic E-state index is 0.529. The van der Waals surface area contributed by atoms with Gasteiger partial charge in [-0.3, -0.25) is 0 Å². The van der Waals surface area contributed by atoms with Crippen molar-refractivity contribution in [2.75, 3.05) is 0 Å². The third-order valence-electron chi connectivity index (χ3n) is 5.17. The van der Waals surface area contributed by atoms with Crippen LogP contribution in [0.4, 0.5) is 0 Å². The first-order valence-electron chi connectivity index (χ1n) is 9.94. The van der Waals surface area contributed by atoms with Gasteiger partial charge in [0, 0.05) is 0 Å². The molecule has 2 fully saturated rings. The SMILES string of the molecule is CC(C)=C1[N](C(C)C)[Ge]2([N]1C(C)C)[N](C(C)C)C(=C(C)C)[N]2C(C)C. The van der Waals surface area contributed by atoms with Gasteiger partial charge in [0.1, 0.15) is 0 Å². The Bertz CT molecular complexity index is 489. The second-order valence-corrected chi connectivity index (χ2v) is 15.7. The Morgan fingerprint density at radius 3 is 0.840 bits per heavy atom. The van der Waals surface area contributed by atoms with Gasteiger partial charge in [0.05, 0.1) is 0 Å². The second-order valence-electron chi connectivity index (χ2n) is 9.10. The summed E-state index contributed by atoms with van der Waals surface area (Å²) in [6, 6.07) is 2.12. The number of hydrogen-bond donors (Lipinski definition) is 0. The summed E-state index contributed by atoms with van der Waals surface area (Å²) < 4.78 is 11.3. The van der Waals surface area contributed by atoms with Gasteiger partial charge in [0.15, 0.2) is 0 Å². The third kappa shape index (κ3) is 2.62. The molecule has 0 N–H and O–H groups in total. The van der Waals surface area contributed by atoms with Crippen LogP contribution in [0.3, 0.4) is 0 Å². The molecule has 0 saturated carbocycles. The first-order valence-corrected chi connectivity index (χ1v) is 13.7. The quantitative estimate of drug-likeness (QED) is 0.619. The summed E-state index contributed by atoms with van der Waals surface area (Å²) in [5.41, 5.74) is 2.88. The molecule has 0 bridgehead atoms. The molecule has 2 aliphatic rings. The van der Waals surface area contributed by atoms with Crippen LogP contribution in [0, 0.1) is 0 Å². The average molecular weight is 409 g/mol. The van der Waals surface area contributed by atoms with E-state index in [2.05, 4.69) is 98.5 Å². The van der Waals surface area contributed by atoms with Crippen LogP contribution < -0.4 is 0 Å². The topological polar surface area (TPSA) is 13.0 Å². The molecule has 25 heavy (non-hydrogen) atoms.